The van der Waals surface area contributed by atoms with Crippen molar-refractivity contribution < 1.29 is 9.53 Å². The van der Waals surface area contributed by atoms with Gasteiger partial charge < -0.3 is 9.64 Å². The summed E-state index contributed by atoms with van der Waals surface area (Å²) in [5.74, 6) is 1.72. The van der Waals surface area contributed by atoms with Crippen molar-refractivity contribution in [3.8, 4) is 0 Å². The van der Waals surface area contributed by atoms with Gasteiger partial charge in [-0.05, 0) is 37.6 Å². The van der Waals surface area contributed by atoms with Crippen LogP contribution in [0.15, 0.2) is 0 Å². The highest BCUT2D eigenvalue weighted by atomic mass is 16.5. The third kappa shape index (κ3) is 3.11. The third-order valence-corrected chi connectivity index (χ3v) is 4.63. The molecule has 1 saturated carbocycles. The van der Waals surface area contributed by atoms with Gasteiger partial charge in [0, 0.05) is 19.6 Å². The fourth-order valence-electron chi connectivity index (χ4n) is 3.18. The smallest absolute Gasteiger partial charge is 0.248 e. The largest absolute Gasteiger partial charge is 0.365 e. The van der Waals surface area contributed by atoms with E-state index in [9.17, 15) is 4.79 Å². The van der Waals surface area contributed by atoms with Crippen molar-refractivity contribution in [3.63, 3.8) is 0 Å². The quantitative estimate of drug-likeness (QED) is 0.753. The van der Waals surface area contributed by atoms with Gasteiger partial charge >= 0.3 is 0 Å². The van der Waals surface area contributed by atoms with Crippen LogP contribution in [0.1, 0.15) is 33.1 Å². The van der Waals surface area contributed by atoms with Gasteiger partial charge in [0.25, 0.3) is 0 Å². The van der Waals surface area contributed by atoms with E-state index in [4.69, 9.17) is 4.74 Å². The zero-order valence-corrected chi connectivity index (χ0v) is 12.2. The molecule has 108 valence electrons. The molecule has 3 aliphatic rings. The summed E-state index contributed by atoms with van der Waals surface area (Å²) in [6.07, 6.45) is 4.09. The second kappa shape index (κ2) is 5.41. The minimum atomic E-state index is 0.207. The summed E-state index contributed by atoms with van der Waals surface area (Å²) in [7, 11) is 0. The van der Waals surface area contributed by atoms with Crippen LogP contribution in [0.4, 0.5) is 0 Å². The van der Waals surface area contributed by atoms with Crippen molar-refractivity contribution in [2.75, 3.05) is 32.8 Å². The first-order chi connectivity index (χ1) is 9.13. The summed E-state index contributed by atoms with van der Waals surface area (Å²) in [4.78, 5) is 16.7. The Morgan fingerprint density at radius 1 is 1.32 bits per heavy atom. The predicted molar refractivity (Wildman–Crippen MR) is 73.9 cm³/mol. The molecule has 0 spiro atoms. The van der Waals surface area contributed by atoms with Crippen molar-refractivity contribution in [3.05, 3.63) is 0 Å². The van der Waals surface area contributed by atoms with E-state index < -0.39 is 0 Å². The Kier molecular flexibility index (Phi) is 3.81. The molecule has 19 heavy (non-hydrogen) atoms. The zero-order valence-electron chi connectivity index (χ0n) is 12.2. The Labute approximate surface area is 116 Å². The number of ether oxygens (including phenoxy) is 1. The Balaban J connectivity index is 1.59. The summed E-state index contributed by atoms with van der Waals surface area (Å²) in [5, 5.41) is 0. The van der Waals surface area contributed by atoms with Crippen LogP contribution in [0.25, 0.3) is 0 Å². The Morgan fingerprint density at radius 3 is 2.79 bits per heavy atom. The Morgan fingerprint density at radius 2 is 2.11 bits per heavy atom. The molecular weight excluding hydrogens is 240 g/mol. The first-order valence-corrected chi connectivity index (χ1v) is 7.77. The van der Waals surface area contributed by atoms with Crippen molar-refractivity contribution in [1.29, 1.82) is 0 Å². The Bertz CT molecular complexity index is 341. The number of likely N-dealkylation sites (tertiary alicyclic amines) is 1. The highest BCUT2D eigenvalue weighted by molar-refractivity contribution is 5.78. The summed E-state index contributed by atoms with van der Waals surface area (Å²) in [6.45, 7) is 8.96. The van der Waals surface area contributed by atoms with E-state index in [0.29, 0.717) is 12.6 Å². The molecule has 0 aromatic rings. The van der Waals surface area contributed by atoms with E-state index >= 15 is 0 Å². The van der Waals surface area contributed by atoms with Crippen molar-refractivity contribution in [2.24, 2.45) is 11.8 Å². The van der Waals surface area contributed by atoms with Gasteiger partial charge in [-0.3, -0.25) is 9.69 Å². The Hall–Kier alpha value is -0.610. The van der Waals surface area contributed by atoms with Gasteiger partial charge in [-0.1, -0.05) is 13.8 Å². The van der Waals surface area contributed by atoms with Crippen molar-refractivity contribution in [2.45, 2.75) is 45.3 Å². The molecule has 3 rings (SSSR count). The maximum Gasteiger partial charge on any atom is 0.248 e. The van der Waals surface area contributed by atoms with Crippen molar-refractivity contribution >= 4 is 5.91 Å². The number of morpholine rings is 1. The molecular formula is C15H26N2O2. The van der Waals surface area contributed by atoms with Gasteiger partial charge in [-0.2, -0.15) is 0 Å². The second-order valence-corrected chi connectivity index (χ2v) is 6.85. The van der Waals surface area contributed by atoms with E-state index in [2.05, 4.69) is 23.6 Å². The zero-order chi connectivity index (χ0) is 13.4. The SMILES string of the molecule is CC(C)CCN1C[C@@H]2OCC(=O)N(CC3CC3)[C@@H]2C1. The van der Waals surface area contributed by atoms with Crippen LogP contribution in [0.5, 0.6) is 0 Å². The molecule has 2 atom stereocenters. The standard InChI is InChI=1S/C15H26N2O2/c1-11(2)5-6-16-8-13-14(9-16)19-10-15(18)17(13)7-12-3-4-12/h11-14H,3-10H2,1-2H3/t13-,14+/m1/s1. The van der Waals surface area contributed by atoms with E-state index in [1.807, 2.05) is 0 Å². The highest BCUT2D eigenvalue weighted by Gasteiger charge is 2.44. The summed E-state index contributed by atoms with van der Waals surface area (Å²) >= 11 is 0. The number of hydrogen-bond donors (Lipinski definition) is 0. The molecule has 0 aromatic heterocycles. The number of fused-ring (bicyclic) bond motifs is 1. The van der Waals surface area contributed by atoms with Gasteiger partial charge in [0.2, 0.25) is 5.91 Å². The number of nitrogens with zero attached hydrogens (tertiary/aromatic N) is 2. The third-order valence-electron chi connectivity index (χ3n) is 4.63. The van der Waals surface area contributed by atoms with Gasteiger partial charge in [0.05, 0.1) is 12.1 Å². The molecule has 2 aliphatic heterocycles. The van der Waals surface area contributed by atoms with Crippen LogP contribution in [-0.4, -0.2) is 60.6 Å². The van der Waals surface area contributed by atoms with Gasteiger partial charge in [-0.25, -0.2) is 0 Å². The lowest BCUT2D eigenvalue weighted by Gasteiger charge is -2.36. The fourth-order valence-corrected chi connectivity index (χ4v) is 3.18. The van der Waals surface area contributed by atoms with Gasteiger partial charge in [0.15, 0.2) is 0 Å². The van der Waals surface area contributed by atoms with Gasteiger partial charge in [-0.15, -0.1) is 0 Å². The lowest BCUT2D eigenvalue weighted by atomic mass is 10.1. The fraction of sp³-hybridized carbons (Fsp3) is 0.933. The summed E-state index contributed by atoms with van der Waals surface area (Å²) in [6, 6.07) is 0.314. The average molecular weight is 266 g/mol. The molecule has 1 aliphatic carbocycles. The van der Waals surface area contributed by atoms with Crippen LogP contribution < -0.4 is 0 Å². The average Bonchev–Trinajstić information content (AvgIpc) is 3.08. The molecule has 0 aromatic carbocycles. The topological polar surface area (TPSA) is 32.8 Å². The monoisotopic (exact) mass is 266 g/mol. The number of amides is 1. The summed E-state index contributed by atoms with van der Waals surface area (Å²) in [5.41, 5.74) is 0. The molecule has 4 nitrogen and oxygen atoms in total. The van der Waals surface area contributed by atoms with Crippen LogP contribution in [-0.2, 0) is 9.53 Å². The number of carbonyl (C=O) groups is 1. The summed E-state index contributed by atoms with van der Waals surface area (Å²) < 4.78 is 5.75. The molecule has 0 unspecified atom stereocenters. The van der Waals surface area contributed by atoms with Crippen molar-refractivity contribution in [1.82, 2.24) is 9.80 Å². The molecule has 0 bridgehead atoms. The molecule has 0 N–H and O–H groups in total. The first kappa shape index (κ1) is 13.4. The molecule has 0 radical (unpaired) electrons. The van der Waals surface area contributed by atoms with Crippen LogP contribution in [0, 0.1) is 11.8 Å². The molecule has 2 saturated heterocycles. The van der Waals surface area contributed by atoms with E-state index in [-0.39, 0.29) is 12.0 Å². The molecule has 1 amide bonds. The van der Waals surface area contributed by atoms with E-state index in [0.717, 1.165) is 38.0 Å². The lowest BCUT2D eigenvalue weighted by Crippen LogP contribution is -2.54. The maximum atomic E-state index is 12.1. The maximum absolute atomic E-state index is 12.1. The predicted octanol–water partition coefficient (Wildman–Crippen LogP) is 1.35. The minimum absolute atomic E-state index is 0.207. The number of hydrogen-bond acceptors (Lipinski definition) is 3. The minimum Gasteiger partial charge on any atom is -0.365 e. The highest BCUT2D eigenvalue weighted by Crippen LogP contribution is 2.33. The first-order valence-electron chi connectivity index (χ1n) is 7.77. The number of rotatable bonds is 5. The molecule has 4 heteroatoms. The second-order valence-electron chi connectivity index (χ2n) is 6.85. The van der Waals surface area contributed by atoms with Crippen LogP contribution >= 0.6 is 0 Å². The van der Waals surface area contributed by atoms with Crippen LogP contribution in [0.3, 0.4) is 0 Å². The van der Waals surface area contributed by atoms with Crippen LogP contribution in [0.2, 0.25) is 0 Å². The number of carbonyl (C=O) groups excluding carboxylic acids is 1. The lowest BCUT2D eigenvalue weighted by molar-refractivity contribution is -0.153. The van der Waals surface area contributed by atoms with E-state index in [1.54, 1.807) is 0 Å². The molecule has 2 heterocycles. The van der Waals surface area contributed by atoms with E-state index in [1.165, 1.54) is 19.3 Å². The normalized spacial score (nSPS) is 32.2. The molecule has 3 fully saturated rings. The van der Waals surface area contributed by atoms with Gasteiger partial charge in [0.1, 0.15) is 6.61 Å².